The van der Waals surface area contributed by atoms with Crippen molar-refractivity contribution in [2.45, 2.75) is 25.6 Å². The first-order chi connectivity index (χ1) is 14.8. The van der Waals surface area contributed by atoms with Gasteiger partial charge >= 0.3 is 18.2 Å². The van der Waals surface area contributed by atoms with Crippen molar-refractivity contribution in [3.8, 4) is 22.9 Å². The zero-order chi connectivity index (χ0) is 22.0. The lowest BCUT2D eigenvalue weighted by Gasteiger charge is -2.22. The Balaban J connectivity index is 1.44. The molecule has 9 nitrogen and oxygen atoms in total. The quantitative estimate of drug-likeness (QED) is 0.429. The van der Waals surface area contributed by atoms with Gasteiger partial charge in [0, 0.05) is 16.7 Å². The van der Waals surface area contributed by atoms with E-state index in [4.69, 9.17) is 9.47 Å². The van der Waals surface area contributed by atoms with Gasteiger partial charge in [-0.05, 0) is 28.7 Å². The standard InChI is InChI=1S/C19H15F3N4O5/c20-19(21,22)31-13-5-3-12(4-6-13)15-2-1-7-23-16(15)11-29-14-8-25-9-17(26(27)28)24-18(25)30-10-14/h1-7,9,14H,8,10-11H2/t14-/m1/s1. The van der Waals surface area contributed by atoms with Crippen LogP contribution in [0.4, 0.5) is 19.0 Å². The molecule has 12 heteroatoms. The SMILES string of the molecule is O=[N+]([O-])c1cn2c(n1)OC[C@H](OCc1ncccc1-c1ccc(OC(F)(F)F)cc1)C2. The van der Waals surface area contributed by atoms with Gasteiger partial charge in [-0.2, -0.15) is 0 Å². The van der Waals surface area contributed by atoms with Gasteiger partial charge in [-0.3, -0.25) is 9.55 Å². The van der Waals surface area contributed by atoms with Crippen LogP contribution in [0, 0.1) is 10.1 Å². The number of fused-ring (bicyclic) bond motifs is 1. The highest BCUT2D eigenvalue weighted by Crippen LogP contribution is 2.29. The number of pyridine rings is 1. The van der Waals surface area contributed by atoms with E-state index in [1.807, 2.05) is 0 Å². The van der Waals surface area contributed by atoms with Crippen molar-refractivity contribution >= 4 is 5.82 Å². The molecule has 1 aromatic carbocycles. The number of rotatable bonds is 6. The van der Waals surface area contributed by atoms with E-state index >= 15 is 0 Å². The van der Waals surface area contributed by atoms with Crippen LogP contribution in [0.15, 0.2) is 48.8 Å². The van der Waals surface area contributed by atoms with E-state index in [-0.39, 0.29) is 30.8 Å². The molecule has 162 valence electrons. The molecule has 1 aliphatic rings. The van der Waals surface area contributed by atoms with E-state index in [0.29, 0.717) is 23.4 Å². The Morgan fingerprint density at radius 1 is 1.26 bits per heavy atom. The number of imidazole rings is 1. The predicted octanol–water partition coefficient (Wildman–Crippen LogP) is 3.73. The fourth-order valence-corrected chi connectivity index (χ4v) is 3.11. The van der Waals surface area contributed by atoms with Crippen LogP contribution in [-0.4, -0.2) is 38.5 Å². The highest BCUT2D eigenvalue weighted by Gasteiger charge is 2.31. The Morgan fingerprint density at radius 2 is 2.03 bits per heavy atom. The second kappa shape index (κ2) is 8.22. The molecular formula is C19H15F3N4O5. The molecule has 0 amide bonds. The van der Waals surface area contributed by atoms with Gasteiger partial charge in [0.2, 0.25) is 0 Å². The molecule has 0 bridgehead atoms. The summed E-state index contributed by atoms with van der Waals surface area (Å²) < 4.78 is 53.7. The molecular weight excluding hydrogens is 421 g/mol. The first-order valence-electron chi connectivity index (χ1n) is 9.04. The van der Waals surface area contributed by atoms with Gasteiger partial charge in [0.1, 0.15) is 24.7 Å². The first-order valence-corrected chi connectivity index (χ1v) is 9.04. The maximum Gasteiger partial charge on any atom is 0.573 e. The number of ether oxygens (including phenoxy) is 3. The average Bonchev–Trinajstić information content (AvgIpc) is 3.16. The summed E-state index contributed by atoms with van der Waals surface area (Å²) >= 11 is 0. The van der Waals surface area contributed by atoms with Gasteiger partial charge < -0.3 is 24.3 Å². The maximum atomic E-state index is 12.3. The number of benzene rings is 1. The third-order valence-electron chi connectivity index (χ3n) is 4.46. The van der Waals surface area contributed by atoms with Crippen molar-refractivity contribution in [1.82, 2.24) is 14.5 Å². The van der Waals surface area contributed by atoms with Crippen molar-refractivity contribution in [2.75, 3.05) is 6.61 Å². The summed E-state index contributed by atoms with van der Waals surface area (Å²) in [6.07, 6.45) is -2.29. The van der Waals surface area contributed by atoms with E-state index in [2.05, 4.69) is 14.7 Å². The molecule has 1 aliphatic heterocycles. The smallest absolute Gasteiger partial charge is 0.443 e. The molecule has 2 aromatic heterocycles. The largest absolute Gasteiger partial charge is 0.573 e. The molecule has 0 saturated heterocycles. The number of hydrogen-bond donors (Lipinski definition) is 0. The van der Waals surface area contributed by atoms with Crippen LogP contribution in [0.25, 0.3) is 11.1 Å². The number of hydrogen-bond acceptors (Lipinski definition) is 7. The first kappa shape index (κ1) is 20.6. The Hall–Kier alpha value is -3.67. The minimum atomic E-state index is -4.76. The van der Waals surface area contributed by atoms with Crippen molar-refractivity contribution in [3.63, 3.8) is 0 Å². The Labute approximate surface area is 173 Å². The summed E-state index contributed by atoms with van der Waals surface area (Å²) in [6, 6.07) is 9.10. The van der Waals surface area contributed by atoms with Gasteiger partial charge in [-0.25, -0.2) is 0 Å². The van der Waals surface area contributed by atoms with Crippen LogP contribution in [0.5, 0.6) is 11.8 Å². The van der Waals surface area contributed by atoms with Gasteiger partial charge in [0.05, 0.1) is 18.8 Å². The summed E-state index contributed by atoms with van der Waals surface area (Å²) in [7, 11) is 0. The van der Waals surface area contributed by atoms with Crippen LogP contribution >= 0.6 is 0 Å². The van der Waals surface area contributed by atoms with E-state index in [1.165, 1.54) is 35.0 Å². The molecule has 3 aromatic rings. The summed E-state index contributed by atoms with van der Waals surface area (Å²) in [5.74, 6) is -0.622. The number of aromatic nitrogens is 3. The molecule has 3 heterocycles. The fraction of sp³-hybridized carbons (Fsp3) is 0.263. The van der Waals surface area contributed by atoms with Gasteiger partial charge in [-0.15, -0.1) is 13.2 Å². The highest BCUT2D eigenvalue weighted by molar-refractivity contribution is 5.66. The van der Waals surface area contributed by atoms with Crippen molar-refractivity contribution in [2.24, 2.45) is 0 Å². The van der Waals surface area contributed by atoms with Crippen molar-refractivity contribution in [1.29, 1.82) is 0 Å². The summed E-state index contributed by atoms with van der Waals surface area (Å²) in [5.41, 5.74) is 1.92. The Kier molecular flexibility index (Phi) is 5.46. The third-order valence-corrected chi connectivity index (χ3v) is 4.46. The molecule has 0 fully saturated rings. The van der Waals surface area contributed by atoms with Crippen LogP contribution in [0.2, 0.25) is 0 Å². The lowest BCUT2D eigenvalue weighted by molar-refractivity contribution is -0.389. The number of alkyl halides is 3. The van der Waals surface area contributed by atoms with Crippen LogP contribution in [0.3, 0.4) is 0 Å². The molecule has 4 rings (SSSR count). The van der Waals surface area contributed by atoms with E-state index in [9.17, 15) is 23.3 Å². The van der Waals surface area contributed by atoms with Gasteiger partial charge in [-0.1, -0.05) is 18.2 Å². The third kappa shape index (κ3) is 4.91. The Bertz CT molecular complexity index is 1080. The number of nitrogens with zero attached hydrogens (tertiary/aromatic N) is 4. The van der Waals surface area contributed by atoms with Gasteiger partial charge in [0.25, 0.3) is 0 Å². The fourth-order valence-electron chi connectivity index (χ4n) is 3.11. The minimum Gasteiger partial charge on any atom is -0.443 e. The second-order valence-electron chi connectivity index (χ2n) is 6.61. The average molecular weight is 436 g/mol. The lowest BCUT2D eigenvalue weighted by atomic mass is 10.0. The molecule has 1 atom stereocenters. The van der Waals surface area contributed by atoms with Crippen LogP contribution < -0.4 is 9.47 Å². The molecule has 0 aliphatic carbocycles. The predicted molar refractivity (Wildman–Crippen MR) is 99.3 cm³/mol. The second-order valence-corrected chi connectivity index (χ2v) is 6.61. The van der Waals surface area contributed by atoms with Gasteiger partial charge in [0.15, 0.2) is 0 Å². The zero-order valence-electron chi connectivity index (χ0n) is 15.8. The molecule has 31 heavy (non-hydrogen) atoms. The van der Waals surface area contributed by atoms with E-state index < -0.39 is 17.4 Å². The topological polar surface area (TPSA) is 102 Å². The maximum absolute atomic E-state index is 12.3. The number of halogens is 3. The van der Waals surface area contributed by atoms with Crippen LogP contribution in [-0.2, 0) is 17.9 Å². The van der Waals surface area contributed by atoms with E-state index in [0.717, 1.165) is 0 Å². The molecule has 0 radical (unpaired) electrons. The van der Waals surface area contributed by atoms with Crippen molar-refractivity contribution < 1.29 is 32.3 Å². The molecule has 0 saturated carbocycles. The molecule has 0 N–H and O–H groups in total. The minimum absolute atomic E-state index is 0.108. The highest BCUT2D eigenvalue weighted by atomic mass is 19.4. The zero-order valence-corrected chi connectivity index (χ0v) is 15.8. The molecule has 0 unspecified atom stereocenters. The normalized spacial score (nSPS) is 15.8. The van der Waals surface area contributed by atoms with Crippen molar-refractivity contribution in [3.05, 3.63) is 64.6 Å². The lowest BCUT2D eigenvalue weighted by Crippen LogP contribution is -2.32. The Morgan fingerprint density at radius 3 is 2.74 bits per heavy atom. The monoisotopic (exact) mass is 436 g/mol. The summed E-state index contributed by atoms with van der Waals surface area (Å²) in [5, 5.41) is 10.8. The van der Waals surface area contributed by atoms with E-state index in [1.54, 1.807) is 18.3 Å². The number of nitro groups is 1. The summed E-state index contributed by atoms with van der Waals surface area (Å²) in [6.45, 7) is 0.596. The van der Waals surface area contributed by atoms with Crippen LogP contribution in [0.1, 0.15) is 5.69 Å². The molecule has 0 spiro atoms. The summed E-state index contributed by atoms with van der Waals surface area (Å²) in [4.78, 5) is 18.3.